The smallest absolute Gasteiger partial charge is 0.224 e. The lowest BCUT2D eigenvalue weighted by Gasteiger charge is -2.33. The zero-order valence-electron chi connectivity index (χ0n) is 19.9. The van der Waals surface area contributed by atoms with Crippen LogP contribution in [0.3, 0.4) is 0 Å². The Morgan fingerprint density at radius 1 is 1.12 bits per heavy atom. The molecule has 0 radical (unpaired) electrons. The predicted molar refractivity (Wildman–Crippen MR) is 136 cm³/mol. The fraction of sp³-hybridized carbons (Fsp3) is 0.321. The van der Waals surface area contributed by atoms with Gasteiger partial charge in [-0.05, 0) is 50.3 Å². The normalized spacial score (nSPS) is 16.1. The van der Waals surface area contributed by atoms with E-state index < -0.39 is 0 Å². The predicted octanol–water partition coefficient (Wildman–Crippen LogP) is 4.59. The number of rotatable bonds is 6. The molecule has 2 aromatic heterocycles. The second kappa shape index (κ2) is 9.67. The van der Waals surface area contributed by atoms with Gasteiger partial charge in [0.05, 0.1) is 11.6 Å². The molecule has 174 valence electrons. The van der Waals surface area contributed by atoms with Crippen LogP contribution in [-0.4, -0.2) is 40.1 Å². The highest BCUT2D eigenvalue weighted by Gasteiger charge is 2.27. The number of hydrogen-bond acceptors (Lipinski definition) is 4. The van der Waals surface area contributed by atoms with Gasteiger partial charge in [0.25, 0.3) is 0 Å². The summed E-state index contributed by atoms with van der Waals surface area (Å²) in [5, 5.41) is 7.97. The minimum Gasteiger partial charge on any atom is -0.355 e. The van der Waals surface area contributed by atoms with Gasteiger partial charge in [-0.25, -0.2) is 9.50 Å². The van der Waals surface area contributed by atoms with Crippen molar-refractivity contribution >= 4 is 17.2 Å². The van der Waals surface area contributed by atoms with Crippen LogP contribution < -0.4 is 10.2 Å². The molecule has 5 rings (SSSR count). The number of hydrogen-bond donors (Lipinski definition) is 1. The maximum Gasteiger partial charge on any atom is 0.224 e. The molecular formula is C28H31N5O. The largest absolute Gasteiger partial charge is 0.355 e. The molecule has 1 aliphatic rings. The van der Waals surface area contributed by atoms with Crippen LogP contribution in [0, 0.1) is 19.8 Å². The summed E-state index contributed by atoms with van der Waals surface area (Å²) in [5.41, 5.74) is 6.75. The van der Waals surface area contributed by atoms with Gasteiger partial charge in [0.1, 0.15) is 5.52 Å². The van der Waals surface area contributed by atoms with Crippen molar-refractivity contribution in [2.75, 3.05) is 24.5 Å². The molecule has 1 atom stereocenters. The van der Waals surface area contributed by atoms with Crippen LogP contribution in [-0.2, 0) is 11.2 Å². The molecule has 2 aromatic carbocycles. The maximum absolute atomic E-state index is 12.9. The van der Waals surface area contributed by atoms with Gasteiger partial charge >= 0.3 is 0 Å². The zero-order chi connectivity index (χ0) is 23.5. The highest BCUT2D eigenvalue weighted by molar-refractivity contribution is 5.81. The molecule has 0 bridgehead atoms. The Bertz CT molecular complexity index is 1300. The Labute approximate surface area is 200 Å². The van der Waals surface area contributed by atoms with Crippen molar-refractivity contribution < 1.29 is 4.79 Å². The third-order valence-corrected chi connectivity index (χ3v) is 6.67. The Hall–Kier alpha value is -3.67. The van der Waals surface area contributed by atoms with Crippen LogP contribution in [0.2, 0.25) is 0 Å². The fourth-order valence-corrected chi connectivity index (χ4v) is 4.89. The van der Waals surface area contributed by atoms with E-state index in [0.29, 0.717) is 13.1 Å². The molecule has 4 aromatic rings. The van der Waals surface area contributed by atoms with Crippen molar-refractivity contribution in [3.63, 3.8) is 0 Å². The summed E-state index contributed by atoms with van der Waals surface area (Å²) in [6.45, 7) is 6.46. The van der Waals surface area contributed by atoms with Crippen molar-refractivity contribution in [2.24, 2.45) is 5.92 Å². The van der Waals surface area contributed by atoms with E-state index in [0.717, 1.165) is 48.4 Å². The van der Waals surface area contributed by atoms with Gasteiger partial charge < -0.3 is 10.2 Å². The molecule has 0 spiro atoms. The second-order valence-corrected chi connectivity index (χ2v) is 9.24. The first-order valence-electron chi connectivity index (χ1n) is 12.1. The summed E-state index contributed by atoms with van der Waals surface area (Å²) in [6.07, 6.45) is 6.41. The summed E-state index contributed by atoms with van der Waals surface area (Å²) in [7, 11) is 0. The molecule has 6 heteroatoms. The third-order valence-electron chi connectivity index (χ3n) is 6.67. The van der Waals surface area contributed by atoms with E-state index in [1.54, 1.807) is 6.20 Å². The molecule has 34 heavy (non-hydrogen) atoms. The molecule has 0 unspecified atom stereocenters. The first-order chi connectivity index (χ1) is 16.6. The lowest BCUT2D eigenvalue weighted by atomic mass is 9.97. The van der Waals surface area contributed by atoms with E-state index >= 15 is 0 Å². The second-order valence-electron chi connectivity index (χ2n) is 9.24. The van der Waals surface area contributed by atoms with Crippen LogP contribution in [0.25, 0.3) is 16.8 Å². The van der Waals surface area contributed by atoms with Gasteiger partial charge in [-0.1, -0.05) is 54.1 Å². The standard InChI is InChI=1S/C28H31N5O/c1-20-10-11-24(21(2)17-20)25-18-26-27(29-14-16-33(26)31-25)32-15-6-9-23(19-32)28(34)30-13-12-22-7-4-3-5-8-22/h3-5,7-8,10-11,14,16-18,23H,6,9,12-13,15,19H2,1-2H3,(H,30,34)/t23-/m0/s1. The quantitative estimate of drug-likeness (QED) is 0.464. The van der Waals surface area contributed by atoms with Gasteiger partial charge in [-0.3, -0.25) is 4.79 Å². The number of benzene rings is 2. The van der Waals surface area contributed by atoms with Crippen molar-refractivity contribution in [1.82, 2.24) is 19.9 Å². The Balaban J connectivity index is 1.31. The van der Waals surface area contributed by atoms with Gasteiger partial charge in [-0.15, -0.1) is 0 Å². The zero-order valence-corrected chi connectivity index (χ0v) is 19.9. The van der Waals surface area contributed by atoms with E-state index in [-0.39, 0.29) is 11.8 Å². The molecule has 1 N–H and O–H groups in total. The van der Waals surface area contributed by atoms with E-state index in [1.165, 1.54) is 16.7 Å². The van der Waals surface area contributed by atoms with Gasteiger partial charge in [0.15, 0.2) is 5.82 Å². The molecule has 1 aliphatic heterocycles. The molecule has 0 saturated carbocycles. The van der Waals surface area contributed by atoms with Crippen LogP contribution >= 0.6 is 0 Å². The van der Waals surface area contributed by atoms with Gasteiger partial charge in [0.2, 0.25) is 5.91 Å². The Morgan fingerprint density at radius 3 is 2.79 bits per heavy atom. The lowest BCUT2D eigenvalue weighted by Crippen LogP contribution is -2.44. The summed E-state index contributed by atoms with van der Waals surface area (Å²) >= 11 is 0. The number of carbonyl (C=O) groups is 1. The molecule has 1 saturated heterocycles. The SMILES string of the molecule is Cc1ccc(-c2cc3c(N4CCC[C@H](C(=O)NCCc5ccccc5)C4)nccn3n2)c(C)c1. The monoisotopic (exact) mass is 453 g/mol. The molecule has 3 heterocycles. The lowest BCUT2D eigenvalue weighted by molar-refractivity contribution is -0.125. The number of carbonyl (C=O) groups excluding carboxylic acids is 1. The third kappa shape index (κ3) is 4.67. The molecular weight excluding hydrogens is 422 g/mol. The van der Waals surface area contributed by atoms with Crippen molar-refractivity contribution in [3.8, 4) is 11.3 Å². The minimum atomic E-state index is -0.0340. The highest BCUT2D eigenvalue weighted by Crippen LogP contribution is 2.30. The summed E-state index contributed by atoms with van der Waals surface area (Å²) in [6, 6.07) is 18.8. The Morgan fingerprint density at radius 2 is 1.97 bits per heavy atom. The number of aromatic nitrogens is 3. The van der Waals surface area contributed by atoms with E-state index in [2.05, 4.69) is 60.5 Å². The molecule has 6 nitrogen and oxygen atoms in total. The van der Waals surface area contributed by atoms with Gasteiger partial charge in [-0.2, -0.15) is 5.10 Å². The maximum atomic E-state index is 12.9. The van der Waals surface area contributed by atoms with Crippen molar-refractivity contribution in [3.05, 3.63) is 83.7 Å². The topological polar surface area (TPSA) is 62.5 Å². The molecule has 1 fully saturated rings. The number of piperidine rings is 1. The summed E-state index contributed by atoms with van der Waals surface area (Å²) < 4.78 is 1.90. The number of aryl methyl sites for hydroxylation is 2. The highest BCUT2D eigenvalue weighted by atomic mass is 16.1. The number of nitrogens with one attached hydrogen (secondary N) is 1. The van der Waals surface area contributed by atoms with Crippen LogP contribution in [0.4, 0.5) is 5.82 Å². The van der Waals surface area contributed by atoms with Gasteiger partial charge in [0, 0.05) is 37.6 Å². The van der Waals surface area contributed by atoms with Crippen molar-refractivity contribution in [1.29, 1.82) is 0 Å². The number of fused-ring (bicyclic) bond motifs is 1. The van der Waals surface area contributed by atoms with Crippen LogP contribution in [0.1, 0.15) is 29.5 Å². The average molecular weight is 454 g/mol. The minimum absolute atomic E-state index is 0.0340. The Kier molecular flexibility index (Phi) is 6.30. The van der Waals surface area contributed by atoms with Crippen LogP contribution in [0.15, 0.2) is 67.0 Å². The molecule has 1 amide bonds. The number of amides is 1. The van der Waals surface area contributed by atoms with E-state index in [1.807, 2.05) is 28.9 Å². The number of nitrogens with zero attached hydrogens (tertiary/aromatic N) is 4. The first kappa shape index (κ1) is 22.1. The number of anilines is 1. The average Bonchev–Trinajstić information content (AvgIpc) is 3.29. The molecule has 0 aliphatic carbocycles. The van der Waals surface area contributed by atoms with E-state index in [4.69, 9.17) is 10.1 Å². The summed E-state index contributed by atoms with van der Waals surface area (Å²) in [4.78, 5) is 19.9. The first-order valence-corrected chi connectivity index (χ1v) is 12.1. The van der Waals surface area contributed by atoms with E-state index in [9.17, 15) is 4.79 Å². The van der Waals surface area contributed by atoms with Crippen LogP contribution in [0.5, 0.6) is 0 Å². The fourth-order valence-electron chi connectivity index (χ4n) is 4.89. The van der Waals surface area contributed by atoms with Crippen molar-refractivity contribution in [2.45, 2.75) is 33.1 Å². The summed E-state index contributed by atoms with van der Waals surface area (Å²) in [5.74, 6) is 0.998.